The van der Waals surface area contributed by atoms with Gasteiger partial charge in [0.25, 0.3) is 0 Å². The van der Waals surface area contributed by atoms with Crippen molar-refractivity contribution in [3.05, 3.63) is 0 Å². The van der Waals surface area contributed by atoms with Crippen LogP contribution < -0.4 is 0 Å². The molecule has 0 saturated heterocycles. The predicted molar refractivity (Wildman–Crippen MR) is 131 cm³/mol. The first-order valence-corrected chi connectivity index (χ1v) is 13.8. The van der Waals surface area contributed by atoms with Crippen LogP contribution in [0.5, 0.6) is 0 Å². The average molecular weight is 443 g/mol. The SMILES string of the molecule is C[C@H]1C(=O)CC[C@@H]2[C@]1(C)CC[C@H]1[C@@]2(C)CC[C@@]2(C)[C@@H]3CC(C)(C)CC[C@]3(C)[C@H](O)C[C@]12C. The fourth-order valence-corrected chi connectivity index (χ4v) is 11.2. The van der Waals surface area contributed by atoms with Crippen molar-refractivity contribution in [2.75, 3.05) is 0 Å². The standard InChI is InChI=1S/C30H50O2/c1-19-20(31)9-10-21-26(19,4)12-11-22-27(21,5)15-16-29(7)23-17-25(2,3)13-14-28(23,6)24(32)18-30(22,29)8/h19,21-24,32H,9-18H2,1-8H3/t19-,21+,22-,23+,24+,26+,27-,28-,29-,30+/m0/s1. The third-order valence-electron chi connectivity index (χ3n) is 13.8. The Bertz CT molecular complexity index is 816. The van der Waals surface area contributed by atoms with Gasteiger partial charge in [0.15, 0.2) is 0 Å². The fraction of sp³-hybridized carbons (Fsp3) is 0.967. The summed E-state index contributed by atoms with van der Waals surface area (Å²) >= 11 is 0. The number of carbonyl (C=O) groups is 1. The van der Waals surface area contributed by atoms with Gasteiger partial charge in [0.1, 0.15) is 5.78 Å². The molecular weight excluding hydrogens is 392 g/mol. The third kappa shape index (κ3) is 2.66. The van der Waals surface area contributed by atoms with Crippen molar-refractivity contribution in [3.8, 4) is 0 Å². The molecule has 1 N–H and O–H groups in total. The first-order valence-electron chi connectivity index (χ1n) is 13.8. The minimum atomic E-state index is -0.177. The lowest BCUT2D eigenvalue weighted by Crippen LogP contribution is -2.70. The highest BCUT2D eigenvalue weighted by atomic mass is 16.3. The average Bonchev–Trinajstić information content (AvgIpc) is 2.70. The molecule has 0 spiro atoms. The number of aliphatic hydroxyl groups excluding tert-OH is 1. The normalized spacial score (nSPS) is 59.4. The van der Waals surface area contributed by atoms with Crippen molar-refractivity contribution in [1.29, 1.82) is 0 Å². The second kappa shape index (κ2) is 6.64. The van der Waals surface area contributed by atoms with E-state index in [1.54, 1.807) is 0 Å². The van der Waals surface area contributed by atoms with Gasteiger partial charge < -0.3 is 5.11 Å². The molecule has 2 nitrogen and oxygen atoms in total. The van der Waals surface area contributed by atoms with Crippen molar-refractivity contribution in [2.45, 2.75) is 126 Å². The molecule has 5 saturated carbocycles. The van der Waals surface area contributed by atoms with E-state index in [0.29, 0.717) is 39.8 Å². The summed E-state index contributed by atoms with van der Waals surface area (Å²) in [7, 11) is 0. The molecule has 2 heteroatoms. The lowest BCUT2D eigenvalue weighted by Gasteiger charge is -2.75. The highest BCUT2D eigenvalue weighted by Gasteiger charge is 2.72. The van der Waals surface area contributed by atoms with E-state index in [-0.39, 0.29) is 28.3 Å². The van der Waals surface area contributed by atoms with Crippen LogP contribution >= 0.6 is 0 Å². The second-order valence-corrected chi connectivity index (χ2v) is 15.4. The van der Waals surface area contributed by atoms with Gasteiger partial charge >= 0.3 is 0 Å². The summed E-state index contributed by atoms with van der Waals surface area (Å²) in [5.74, 6) is 2.63. The quantitative estimate of drug-likeness (QED) is 0.423. The van der Waals surface area contributed by atoms with Crippen LogP contribution in [0.1, 0.15) is 120 Å². The van der Waals surface area contributed by atoms with Gasteiger partial charge in [-0.15, -0.1) is 0 Å². The summed E-state index contributed by atoms with van der Waals surface area (Å²) in [5, 5.41) is 11.7. The topological polar surface area (TPSA) is 37.3 Å². The maximum atomic E-state index is 12.7. The first-order chi connectivity index (χ1) is 14.6. The van der Waals surface area contributed by atoms with E-state index in [2.05, 4.69) is 55.4 Å². The molecule has 0 radical (unpaired) electrons. The van der Waals surface area contributed by atoms with Crippen LogP contribution in [0.15, 0.2) is 0 Å². The highest BCUT2D eigenvalue weighted by Crippen LogP contribution is 2.78. The Morgan fingerprint density at radius 3 is 2.03 bits per heavy atom. The molecule has 0 aromatic rings. The fourth-order valence-electron chi connectivity index (χ4n) is 11.2. The van der Waals surface area contributed by atoms with Crippen LogP contribution in [0, 0.1) is 56.2 Å². The van der Waals surface area contributed by atoms with Crippen LogP contribution in [0.25, 0.3) is 0 Å². The molecule has 0 aliphatic heterocycles. The van der Waals surface area contributed by atoms with E-state index in [4.69, 9.17) is 0 Å². The van der Waals surface area contributed by atoms with Crippen LogP contribution in [-0.4, -0.2) is 17.0 Å². The molecule has 5 aliphatic carbocycles. The highest BCUT2D eigenvalue weighted by molar-refractivity contribution is 5.82. The Balaban J connectivity index is 1.57. The zero-order chi connectivity index (χ0) is 23.5. The van der Waals surface area contributed by atoms with Crippen molar-refractivity contribution >= 4 is 5.78 Å². The van der Waals surface area contributed by atoms with E-state index in [9.17, 15) is 9.90 Å². The molecule has 5 aliphatic rings. The Morgan fingerprint density at radius 2 is 1.34 bits per heavy atom. The summed E-state index contributed by atoms with van der Waals surface area (Å²) in [4.78, 5) is 12.7. The lowest BCUT2D eigenvalue weighted by molar-refractivity contribution is -0.280. The maximum Gasteiger partial charge on any atom is 0.136 e. The van der Waals surface area contributed by atoms with E-state index < -0.39 is 0 Å². The molecular formula is C30H50O2. The molecule has 0 aromatic carbocycles. The lowest BCUT2D eigenvalue weighted by atomic mass is 9.29. The number of ketones is 1. The number of hydrogen-bond acceptors (Lipinski definition) is 2. The zero-order valence-electron chi connectivity index (χ0n) is 22.3. The molecule has 5 rings (SSSR count). The molecule has 0 unspecified atom stereocenters. The molecule has 0 aromatic heterocycles. The predicted octanol–water partition coefficient (Wildman–Crippen LogP) is 7.43. The maximum absolute atomic E-state index is 12.7. The van der Waals surface area contributed by atoms with Crippen LogP contribution in [0.3, 0.4) is 0 Å². The van der Waals surface area contributed by atoms with E-state index in [0.717, 1.165) is 19.3 Å². The van der Waals surface area contributed by atoms with Crippen molar-refractivity contribution < 1.29 is 9.90 Å². The second-order valence-electron chi connectivity index (χ2n) is 15.4. The minimum Gasteiger partial charge on any atom is -0.393 e. The molecule has 0 amide bonds. The summed E-state index contributed by atoms with van der Waals surface area (Å²) in [5.41, 5.74) is 1.41. The number of Topliss-reactive ketones (excluding diaryl/α,β-unsaturated/α-hetero) is 1. The molecule has 0 bridgehead atoms. The van der Waals surface area contributed by atoms with Gasteiger partial charge in [-0.2, -0.15) is 0 Å². The number of fused-ring (bicyclic) bond motifs is 7. The molecule has 182 valence electrons. The van der Waals surface area contributed by atoms with Crippen molar-refractivity contribution in [1.82, 2.24) is 0 Å². The molecule has 10 atom stereocenters. The number of aliphatic hydroxyl groups is 1. The molecule has 5 fully saturated rings. The van der Waals surface area contributed by atoms with Gasteiger partial charge in [-0.05, 0) is 108 Å². The molecule has 0 heterocycles. The summed E-state index contributed by atoms with van der Waals surface area (Å²) in [6.07, 6.45) is 11.4. The van der Waals surface area contributed by atoms with Crippen LogP contribution in [0.2, 0.25) is 0 Å². The summed E-state index contributed by atoms with van der Waals surface area (Å²) in [6, 6.07) is 0. The summed E-state index contributed by atoms with van der Waals surface area (Å²) in [6.45, 7) is 19.9. The zero-order valence-corrected chi connectivity index (χ0v) is 22.3. The Labute approximate surface area is 197 Å². The van der Waals surface area contributed by atoms with Gasteiger partial charge in [0.05, 0.1) is 6.10 Å². The Kier molecular flexibility index (Phi) is 4.85. The van der Waals surface area contributed by atoms with E-state index in [1.165, 1.54) is 44.9 Å². The van der Waals surface area contributed by atoms with Gasteiger partial charge in [-0.3, -0.25) is 4.79 Å². The number of rotatable bonds is 0. The Morgan fingerprint density at radius 1 is 0.688 bits per heavy atom. The first kappa shape index (κ1) is 23.4. The number of carbonyl (C=O) groups excluding carboxylic acids is 1. The van der Waals surface area contributed by atoms with E-state index in [1.807, 2.05) is 0 Å². The number of hydrogen-bond donors (Lipinski definition) is 1. The van der Waals surface area contributed by atoms with Crippen LogP contribution in [-0.2, 0) is 4.79 Å². The largest absolute Gasteiger partial charge is 0.393 e. The Hall–Kier alpha value is -0.370. The van der Waals surface area contributed by atoms with Crippen LogP contribution in [0.4, 0.5) is 0 Å². The summed E-state index contributed by atoms with van der Waals surface area (Å²) < 4.78 is 0. The smallest absolute Gasteiger partial charge is 0.136 e. The van der Waals surface area contributed by atoms with E-state index >= 15 is 0 Å². The van der Waals surface area contributed by atoms with Gasteiger partial charge in [-0.25, -0.2) is 0 Å². The minimum absolute atomic E-state index is 0.0759. The van der Waals surface area contributed by atoms with Crippen molar-refractivity contribution in [2.24, 2.45) is 56.2 Å². The van der Waals surface area contributed by atoms with Crippen molar-refractivity contribution in [3.63, 3.8) is 0 Å². The molecule has 32 heavy (non-hydrogen) atoms. The third-order valence-corrected chi connectivity index (χ3v) is 13.8. The monoisotopic (exact) mass is 442 g/mol. The van der Waals surface area contributed by atoms with Gasteiger partial charge in [-0.1, -0.05) is 55.4 Å². The van der Waals surface area contributed by atoms with Gasteiger partial charge in [0, 0.05) is 12.3 Å². The van der Waals surface area contributed by atoms with Gasteiger partial charge in [0.2, 0.25) is 0 Å².